The topological polar surface area (TPSA) is 49.3 Å². The van der Waals surface area contributed by atoms with Crippen LogP contribution in [0.5, 0.6) is 0 Å². The van der Waals surface area contributed by atoms with E-state index >= 15 is 0 Å². The third-order valence-corrected chi connectivity index (χ3v) is 5.41. The number of benzene rings is 1. The first kappa shape index (κ1) is 17.1. The maximum atomic E-state index is 13.3. The number of para-hydroxylation sites is 2. The molecule has 0 aliphatic carbocycles. The number of fused-ring (bicyclic) bond motifs is 1. The minimum atomic E-state index is -2.62. The Kier molecular flexibility index (Phi) is 4.46. The molecule has 0 N–H and O–H groups in total. The van der Waals surface area contributed by atoms with Crippen molar-refractivity contribution >= 4 is 22.8 Å². The van der Waals surface area contributed by atoms with Gasteiger partial charge in [-0.2, -0.15) is 0 Å². The van der Waals surface area contributed by atoms with Gasteiger partial charge in [-0.1, -0.05) is 12.1 Å². The number of rotatable bonds is 2. The normalized spacial score (nSPS) is 21.2. The van der Waals surface area contributed by atoms with Gasteiger partial charge in [0, 0.05) is 44.9 Å². The van der Waals surface area contributed by atoms with Crippen LogP contribution in [-0.2, 0) is 4.79 Å². The second-order valence-electron chi connectivity index (χ2n) is 7.16. The van der Waals surface area contributed by atoms with E-state index in [-0.39, 0.29) is 37.8 Å². The summed E-state index contributed by atoms with van der Waals surface area (Å²) in [5, 5.41) is 0. The van der Waals surface area contributed by atoms with Crippen molar-refractivity contribution in [1.82, 2.24) is 14.9 Å². The Bertz CT molecular complexity index is 795. The molecule has 1 aromatic carbocycles. The van der Waals surface area contributed by atoms with Crippen molar-refractivity contribution in [2.45, 2.75) is 31.6 Å². The zero-order chi connectivity index (χ0) is 18.1. The van der Waals surface area contributed by atoms with Crippen LogP contribution >= 0.6 is 0 Å². The second-order valence-corrected chi connectivity index (χ2v) is 7.16. The van der Waals surface area contributed by atoms with Gasteiger partial charge in [0.25, 0.3) is 5.92 Å². The third-order valence-electron chi connectivity index (χ3n) is 5.41. The van der Waals surface area contributed by atoms with E-state index in [2.05, 4.69) is 14.9 Å². The Hall–Kier alpha value is -2.31. The van der Waals surface area contributed by atoms with Gasteiger partial charge < -0.3 is 9.80 Å². The average molecular weight is 360 g/mol. The van der Waals surface area contributed by atoms with Crippen molar-refractivity contribution in [2.75, 3.05) is 31.1 Å². The smallest absolute Gasteiger partial charge is 0.251 e. The summed E-state index contributed by atoms with van der Waals surface area (Å²) in [6, 6.07) is 7.74. The van der Waals surface area contributed by atoms with E-state index in [1.54, 1.807) is 11.1 Å². The predicted octanol–water partition coefficient (Wildman–Crippen LogP) is 3.10. The molecule has 2 saturated heterocycles. The maximum Gasteiger partial charge on any atom is 0.251 e. The summed E-state index contributed by atoms with van der Waals surface area (Å²) in [5.41, 5.74) is 1.72. The molecule has 138 valence electrons. The Labute approximate surface area is 151 Å². The van der Waals surface area contributed by atoms with Gasteiger partial charge in [-0.05, 0) is 25.0 Å². The van der Waals surface area contributed by atoms with Crippen LogP contribution in [0.2, 0.25) is 0 Å². The van der Waals surface area contributed by atoms with Crippen molar-refractivity contribution in [1.29, 1.82) is 0 Å². The van der Waals surface area contributed by atoms with Crippen LogP contribution in [0.4, 0.5) is 14.6 Å². The van der Waals surface area contributed by atoms with Crippen LogP contribution in [0.3, 0.4) is 0 Å². The van der Waals surface area contributed by atoms with E-state index in [0.717, 1.165) is 42.8 Å². The van der Waals surface area contributed by atoms with Gasteiger partial charge in [0.05, 0.1) is 17.2 Å². The lowest BCUT2D eigenvalue weighted by molar-refractivity contribution is -0.142. The Morgan fingerprint density at radius 1 is 1.04 bits per heavy atom. The van der Waals surface area contributed by atoms with Crippen LogP contribution in [0, 0.1) is 5.92 Å². The first-order valence-electron chi connectivity index (χ1n) is 9.15. The summed E-state index contributed by atoms with van der Waals surface area (Å²) in [5.74, 6) is -1.84. The summed E-state index contributed by atoms with van der Waals surface area (Å²) < 4.78 is 26.6. The standard InChI is InChI=1S/C19H22F2N4O/c20-19(21)7-11-25(12-8-19)18(26)14-5-9-24(10-6-14)17-13-22-15-3-1-2-4-16(15)23-17/h1-4,13-14H,5-12H2. The van der Waals surface area contributed by atoms with Gasteiger partial charge in [0.2, 0.25) is 5.91 Å². The van der Waals surface area contributed by atoms with E-state index < -0.39 is 5.92 Å². The zero-order valence-corrected chi connectivity index (χ0v) is 14.6. The van der Waals surface area contributed by atoms with Gasteiger partial charge in [0.15, 0.2) is 0 Å². The summed E-state index contributed by atoms with van der Waals surface area (Å²) in [7, 11) is 0. The highest BCUT2D eigenvalue weighted by atomic mass is 19.3. The van der Waals surface area contributed by atoms with Crippen molar-refractivity contribution in [3.05, 3.63) is 30.5 Å². The molecule has 7 heteroatoms. The van der Waals surface area contributed by atoms with E-state index in [1.165, 1.54) is 0 Å². The van der Waals surface area contributed by atoms with Gasteiger partial charge in [-0.15, -0.1) is 0 Å². The summed E-state index contributed by atoms with van der Waals surface area (Å²) in [4.78, 5) is 25.5. The van der Waals surface area contributed by atoms with Crippen LogP contribution < -0.4 is 4.90 Å². The third kappa shape index (κ3) is 3.48. The monoisotopic (exact) mass is 360 g/mol. The highest BCUT2D eigenvalue weighted by molar-refractivity contribution is 5.79. The molecule has 0 unspecified atom stereocenters. The molecule has 0 spiro atoms. The van der Waals surface area contributed by atoms with Gasteiger partial charge >= 0.3 is 0 Å². The molecule has 0 radical (unpaired) electrons. The number of carbonyl (C=O) groups excluding carboxylic acids is 1. The molecule has 1 aromatic heterocycles. The molecule has 0 atom stereocenters. The minimum absolute atomic E-state index is 0.0322. The minimum Gasteiger partial charge on any atom is -0.355 e. The Morgan fingerprint density at radius 2 is 1.69 bits per heavy atom. The molecule has 0 bridgehead atoms. The number of nitrogens with zero attached hydrogens (tertiary/aromatic N) is 4. The molecule has 0 saturated carbocycles. The van der Waals surface area contributed by atoms with E-state index in [4.69, 9.17) is 0 Å². The van der Waals surface area contributed by atoms with Gasteiger partial charge in [0.1, 0.15) is 5.82 Å². The van der Waals surface area contributed by atoms with E-state index in [9.17, 15) is 13.6 Å². The van der Waals surface area contributed by atoms with E-state index in [1.807, 2.05) is 24.3 Å². The number of anilines is 1. The SMILES string of the molecule is O=C(C1CCN(c2cnc3ccccc3n2)CC1)N1CCC(F)(F)CC1. The summed E-state index contributed by atoms with van der Waals surface area (Å²) in [6.45, 7) is 1.80. The predicted molar refractivity (Wildman–Crippen MR) is 95.2 cm³/mol. The molecular formula is C19H22F2N4O. The molecule has 5 nitrogen and oxygen atoms in total. The maximum absolute atomic E-state index is 13.3. The molecule has 26 heavy (non-hydrogen) atoms. The quantitative estimate of drug-likeness (QED) is 0.826. The fourth-order valence-corrected chi connectivity index (χ4v) is 3.77. The lowest BCUT2D eigenvalue weighted by atomic mass is 9.94. The lowest BCUT2D eigenvalue weighted by Crippen LogP contribution is -2.47. The molecular weight excluding hydrogens is 338 g/mol. The van der Waals surface area contributed by atoms with Crippen molar-refractivity contribution in [3.8, 4) is 0 Å². The fourth-order valence-electron chi connectivity index (χ4n) is 3.77. The first-order valence-corrected chi connectivity index (χ1v) is 9.15. The van der Waals surface area contributed by atoms with E-state index in [0.29, 0.717) is 0 Å². The summed E-state index contributed by atoms with van der Waals surface area (Å²) in [6.07, 6.45) is 2.78. The molecule has 1 amide bonds. The number of hydrogen-bond donors (Lipinski definition) is 0. The first-order chi connectivity index (χ1) is 12.5. The van der Waals surface area contributed by atoms with Gasteiger partial charge in [-0.3, -0.25) is 9.78 Å². The highest BCUT2D eigenvalue weighted by Crippen LogP contribution is 2.30. The number of amides is 1. The number of hydrogen-bond acceptors (Lipinski definition) is 4. The van der Waals surface area contributed by atoms with Crippen LogP contribution in [-0.4, -0.2) is 52.9 Å². The van der Waals surface area contributed by atoms with Crippen LogP contribution in [0.1, 0.15) is 25.7 Å². The zero-order valence-electron chi connectivity index (χ0n) is 14.6. The molecule has 4 rings (SSSR count). The van der Waals surface area contributed by atoms with Gasteiger partial charge in [-0.25, -0.2) is 13.8 Å². The van der Waals surface area contributed by atoms with Crippen molar-refractivity contribution in [2.24, 2.45) is 5.92 Å². The second kappa shape index (κ2) is 6.78. The number of carbonyl (C=O) groups is 1. The average Bonchev–Trinajstić information content (AvgIpc) is 2.67. The van der Waals surface area contributed by atoms with Crippen molar-refractivity contribution in [3.63, 3.8) is 0 Å². The number of alkyl halides is 2. The van der Waals surface area contributed by atoms with Crippen molar-refractivity contribution < 1.29 is 13.6 Å². The fraction of sp³-hybridized carbons (Fsp3) is 0.526. The number of likely N-dealkylation sites (tertiary alicyclic amines) is 1. The Morgan fingerprint density at radius 3 is 2.38 bits per heavy atom. The number of aromatic nitrogens is 2. The summed E-state index contributed by atoms with van der Waals surface area (Å²) >= 11 is 0. The van der Waals surface area contributed by atoms with Crippen LogP contribution in [0.25, 0.3) is 11.0 Å². The Balaban J connectivity index is 1.36. The largest absolute Gasteiger partial charge is 0.355 e. The molecule has 2 fully saturated rings. The molecule has 2 aliphatic heterocycles. The molecule has 3 heterocycles. The number of halogens is 2. The highest BCUT2D eigenvalue weighted by Gasteiger charge is 2.37. The van der Waals surface area contributed by atoms with Crippen LogP contribution in [0.15, 0.2) is 30.5 Å². The molecule has 2 aromatic rings. The lowest BCUT2D eigenvalue weighted by Gasteiger charge is -2.37. The number of piperidine rings is 2. The molecule has 2 aliphatic rings.